The summed E-state index contributed by atoms with van der Waals surface area (Å²) in [6, 6.07) is 21.8. The number of hydrogen-bond donors (Lipinski definition) is 1. The van der Waals surface area contributed by atoms with E-state index in [2.05, 4.69) is 5.32 Å². The van der Waals surface area contributed by atoms with E-state index in [0.29, 0.717) is 17.9 Å². The number of carbonyl (C=O) groups excluding carboxylic acids is 1. The van der Waals surface area contributed by atoms with Crippen LogP contribution in [0.25, 0.3) is 0 Å². The van der Waals surface area contributed by atoms with Crippen molar-refractivity contribution in [3.8, 4) is 5.75 Å². The van der Waals surface area contributed by atoms with Gasteiger partial charge in [0.05, 0.1) is 12.0 Å². The second kappa shape index (κ2) is 9.28. The molecule has 3 rings (SSSR count). The molecule has 6 heteroatoms. The van der Waals surface area contributed by atoms with Crippen LogP contribution in [0.4, 0.5) is 13.2 Å². The number of alkyl halides is 3. The van der Waals surface area contributed by atoms with Gasteiger partial charge in [-0.3, -0.25) is 4.79 Å². The minimum Gasteiger partial charge on any atom is -0.489 e. The van der Waals surface area contributed by atoms with Gasteiger partial charge in [0.2, 0.25) is 5.91 Å². The average Bonchev–Trinajstić information content (AvgIpc) is 2.72. The fourth-order valence-electron chi connectivity index (χ4n) is 2.70. The van der Waals surface area contributed by atoms with Gasteiger partial charge in [0.15, 0.2) is 0 Å². The van der Waals surface area contributed by atoms with E-state index in [4.69, 9.17) is 4.74 Å². The van der Waals surface area contributed by atoms with E-state index in [9.17, 15) is 18.0 Å². The van der Waals surface area contributed by atoms with Gasteiger partial charge >= 0.3 is 6.18 Å². The van der Waals surface area contributed by atoms with Crippen LogP contribution >= 0.6 is 0 Å². The molecule has 0 saturated carbocycles. The molecule has 0 fully saturated rings. The van der Waals surface area contributed by atoms with Crippen molar-refractivity contribution < 1.29 is 22.7 Å². The molecule has 0 aliphatic heterocycles. The number of amides is 1. The monoisotopic (exact) mass is 399 g/mol. The first kappa shape index (κ1) is 20.5. The molecule has 3 aromatic rings. The van der Waals surface area contributed by atoms with Gasteiger partial charge in [-0.25, -0.2) is 0 Å². The Morgan fingerprint density at radius 2 is 1.41 bits per heavy atom. The van der Waals surface area contributed by atoms with Crippen LogP contribution in [0.2, 0.25) is 0 Å². The van der Waals surface area contributed by atoms with E-state index in [1.807, 2.05) is 42.5 Å². The minimum absolute atomic E-state index is 0.176. The SMILES string of the molecule is O=C(Cc1ccc(OCc2ccccc2)cc1)NCc1ccc(C(F)(F)F)cc1. The maximum atomic E-state index is 12.6. The fraction of sp³-hybridized carbons (Fsp3) is 0.174. The van der Waals surface area contributed by atoms with Gasteiger partial charge in [-0.2, -0.15) is 13.2 Å². The summed E-state index contributed by atoms with van der Waals surface area (Å²) < 4.78 is 43.4. The highest BCUT2D eigenvalue weighted by Gasteiger charge is 2.29. The first-order chi connectivity index (χ1) is 13.9. The number of halogens is 3. The molecule has 0 unspecified atom stereocenters. The van der Waals surface area contributed by atoms with Gasteiger partial charge in [-0.05, 0) is 41.0 Å². The molecule has 1 amide bonds. The van der Waals surface area contributed by atoms with Crippen LogP contribution < -0.4 is 10.1 Å². The first-order valence-corrected chi connectivity index (χ1v) is 9.09. The summed E-state index contributed by atoms with van der Waals surface area (Å²) in [5.74, 6) is 0.505. The highest BCUT2D eigenvalue weighted by Crippen LogP contribution is 2.29. The van der Waals surface area contributed by atoms with Crippen molar-refractivity contribution in [2.75, 3.05) is 0 Å². The molecular weight excluding hydrogens is 379 g/mol. The predicted octanol–water partition coefficient (Wildman–Crippen LogP) is 5.14. The Kier molecular flexibility index (Phi) is 6.54. The number of carbonyl (C=O) groups is 1. The molecule has 0 aromatic heterocycles. The number of rotatable bonds is 7. The zero-order valence-corrected chi connectivity index (χ0v) is 15.6. The molecule has 3 nitrogen and oxygen atoms in total. The van der Waals surface area contributed by atoms with Crippen molar-refractivity contribution >= 4 is 5.91 Å². The van der Waals surface area contributed by atoms with Crippen molar-refractivity contribution in [3.63, 3.8) is 0 Å². The van der Waals surface area contributed by atoms with Crippen molar-refractivity contribution in [1.82, 2.24) is 5.32 Å². The quantitative estimate of drug-likeness (QED) is 0.597. The lowest BCUT2D eigenvalue weighted by Crippen LogP contribution is -2.24. The Hall–Kier alpha value is -3.28. The Morgan fingerprint density at radius 1 is 0.793 bits per heavy atom. The van der Waals surface area contributed by atoms with Crippen molar-refractivity contribution in [2.45, 2.75) is 25.7 Å². The maximum Gasteiger partial charge on any atom is 0.416 e. The number of ether oxygens (including phenoxy) is 1. The van der Waals surface area contributed by atoms with Crippen molar-refractivity contribution in [1.29, 1.82) is 0 Å². The predicted molar refractivity (Wildman–Crippen MR) is 104 cm³/mol. The molecule has 0 atom stereocenters. The highest BCUT2D eigenvalue weighted by molar-refractivity contribution is 5.78. The average molecular weight is 399 g/mol. The minimum atomic E-state index is -4.36. The summed E-state index contributed by atoms with van der Waals surface area (Å²) >= 11 is 0. The molecule has 0 heterocycles. The van der Waals surface area contributed by atoms with Crippen LogP contribution in [-0.2, 0) is 30.5 Å². The van der Waals surface area contributed by atoms with Crippen molar-refractivity contribution in [2.24, 2.45) is 0 Å². The van der Waals surface area contributed by atoms with E-state index >= 15 is 0 Å². The topological polar surface area (TPSA) is 38.3 Å². The Balaban J connectivity index is 1.45. The molecule has 150 valence electrons. The van der Waals surface area contributed by atoms with Crippen molar-refractivity contribution in [3.05, 3.63) is 101 Å². The number of benzene rings is 3. The molecular formula is C23H20F3NO2. The largest absolute Gasteiger partial charge is 0.489 e. The number of nitrogens with one attached hydrogen (secondary N) is 1. The van der Waals surface area contributed by atoms with Gasteiger partial charge in [-0.1, -0.05) is 54.6 Å². The van der Waals surface area contributed by atoms with Crippen LogP contribution in [0.3, 0.4) is 0 Å². The van der Waals surface area contributed by atoms with Gasteiger partial charge in [0.1, 0.15) is 12.4 Å². The summed E-state index contributed by atoms with van der Waals surface area (Å²) in [7, 11) is 0. The van der Waals surface area contributed by atoms with Crippen LogP contribution in [0.1, 0.15) is 22.3 Å². The first-order valence-electron chi connectivity index (χ1n) is 9.09. The number of hydrogen-bond acceptors (Lipinski definition) is 2. The summed E-state index contributed by atoms with van der Waals surface area (Å²) in [5.41, 5.74) is 1.79. The maximum absolute atomic E-state index is 12.6. The molecule has 0 aliphatic carbocycles. The van der Waals surface area contributed by atoms with Gasteiger partial charge in [-0.15, -0.1) is 0 Å². The molecule has 0 spiro atoms. The lowest BCUT2D eigenvalue weighted by molar-refractivity contribution is -0.137. The Bertz CT molecular complexity index is 921. The van der Waals surface area contributed by atoms with E-state index < -0.39 is 11.7 Å². The third kappa shape index (κ3) is 6.38. The molecule has 0 bridgehead atoms. The molecule has 3 aromatic carbocycles. The van der Waals surface area contributed by atoms with Crippen LogP contribution in [-0.4, -0.2) is 5.91 Å². The lowest BCUT2D eigenvalue weighted by atomic mass is 10.1. The molecule has 29 heavy (non-hydrogen) atoms. The van der Waals surface area contributed by atoms with Gasteiger partial charge < -0.3 is 10.1 Å². The third-order valence-corrected chi connectivity index (χ3v) is 4.31. The zero-order chi connectivity index (χ0) is 20.7. The van der Waals surface area contributed by atoms with Crippen LogP contribution in [0.5, 0.6) is 5.75 Å². The van der Waals surface area contributed by atoms with Gasteiger partial charge in [0.25, 0.3) is 0 Å². The molecule has 1 N–H and O–H groups in total. The molecule has 0 saturated heterocycles. The van der Waals surface area contributed by atoms with E-state index in [0.717, 1.165) is 23.3 Å². The summed E-state index contributed by atoms with van der Waals surface area (Å²) in [6.07, 6.45) is -4.18. The standard InChI is InChI=1S/C23H20F3NO2/c24-23(25,26)20-10-6-18(7-11-20)15-27-22(28)14-17-8-12-21(13-9-17)29-16-19-4-2-1-3-5-19/h1-13H,14-16H2,(H,27,28). The van der Waals surface area contributed by atoms with Gasteiger partial charge in [0, 0.05) is 6.54 Å². The van der Waals surface area contributed by atoms with E-state index in [-0.39, 0.29) is 18.9 Å². The molecule has 0 aliphatic rings. The molecule has 0 radical (unpaired) electrons. The van der Waals surface area contributed by atoms with Crippen LogP contribution in [0, 0.1) is 0 Å². The van der Waals surface area contributed by atoms with E-state index in [1.165, 1.54) is 12.1 Å². The Morgan fingerprint density at radius 3 is 2.03 bits per heavy atom. The Labute approximate surface area is 167 Å². The smallest absolute Gasteiger partial charge is 0.416 e. The summed E-state index contributed by atoms with van der Waals surface area (Å²) in [4.78, 5) is 12.1. The highest BCUT2D eigenvalue weighted by atomic mass is 19.4. The second-order valence-electron chi connectivity index (χ2n) is 6.57. The normalized spacial score (nSPS) is 11.1. The summed E-state index contributed by atoms with van der Waals surface area (Å²) in [5, 5.41) is 2.72. The zero-order valence-electron chi connectivity index (χ0n) is 15.6. The summed E-state index contributed by atoms with van der Waals surface area (Å²) in [6.45, 7) is 0.642. The second-order valence-corrected chi connectivity index (χ2v) is 6.57. The van der Waals surface area contributed by atoms with Crippen LogP contribution in [0.15, 0.2) is 78.9 Å². The van der Waals surface area contributed by atoms with E-state index in [1.54, 1.807) is 12.1 Å². The third-order valence-electron chi connectivity index (χ3n) is 4.31. The fourth-order valence-corrected chi connectivity index (χ4v) is 2.70. The lowest BCUT2D eigenvalue weighted by Gasteiger charge is -2.09.